The van der Waals surface area contributed by atoms with Gasteiger partial charge in [0.1, 0.15) is 5.75 Å². The molecular weight excluding hydrogens is 321 g/mol. The Morgan fingerprint density at radius 2 is 1.79 bits per heavy atom. The van der Waals surface area contributed by atoms with Crippen molar-refractivity contribution in [2.45, 2.75) is 31.9 Å². The van der Waals surface area contributed by atoms with E-state index in [-0.39, 0.29) is 11.2 Å². The molecule has 1 aliphatic rings. The monoisotopic (exact) mass is 336 g/mol. The van der Waals surface area contributed by atoms with E-state index in [2.05, 4.69) is 15.9 Å². The Kier molecular flexibility index (Phi) is 4.43. The molecule has 0 heterocycles. The fraction of sp³-hybridized carbons (Fsp3) is 0.571. The number of alkyl halides is 4. The molecule has 0 atom stereocenters. The van der Waals surface area contributed by atoms with Gasteiger partial charge in [0.15, 0.2) is 0 Å². The fourth-order valence-electron chi connectivity index (χ4n) is 2.50. The van der Waals surface area contributed by atoms with Crippen molar-refractivity contribution in [3.05, 3.63) is 29.8 Å². The maximum atomic E-state index is 12.8. The topological polar surface area (TPSA) is 9.23 Å². The summed E-state index contributed by atoms with van der Waals surface area (Å²) >= 11 is 3.46. The molecule has 0 aromatic heterocycles. The molecule has 1 aromatic rings. The molecule has 1 saturated carbocycles. The lowest BCUT2D eigenvalue weighted by molar-refractivity contribution is -0.139. The number of halogens is 4. The van der Waals surface area contributed by atoms with Crippen molar-refractivity contribution in [3.63, 3.8) is 0 Å². The van der Waals surface area contributed by atoms with Gasteiger partial charge in [0.05, 0.1) is 12.2 Å². The van der Waals surface area contributed by atoms with Crippen LogP contribution < -0.4 is 4.74 Å². The highest BCUT2D eigenvalue weighted by Crippen LogP contribution is 2.41. The van der Waals surface area contributed by atoms with E-state index in [0.29, 0.717) is 6.61 Å². The van der Waals surface area contributed by atoms with Gasteiger partial charge in [-0.1, -0.05) is 40.9 Å². The Morgan fingerprint density at radius 3 is 2.37 bits per heavy atom. The van der Waals surface area contributed by atoms with Crippen molar-refractivity contribution in [2.24, 2.45) is 5.41 Å². The third-order valence-corrected chi connectivity index (χ3v) is 4.86. The van der Waals surface area contributed by atoms with Crippen LogP contribution in [0.1, 0.15) is 31.2 Å². The molecular formula is C14H16BrF3O. The quantitative estimate of drug-likeness (QED) is 0.700. The second kappa shape index (κ2) is 5.73. The highest BCUT2D eigenvalue weighted by molar-refractivity contribution is 9.09. The summed E-state index contributed by atoms with van der Waals surface area (Å²) in [5.74, 6) is -0.0674. The molecule has 0 amide bonds. The van der Waals surface area contributed by atoms with Crippen LogP contribution >= 0.6 is 15.9 Å². The zero-order valence-electron chi connectivity index (χ0n) is 10.5. The minimum Gasteiger partial charge on any atom is -0.492 e. The average molecular weight is 337 g/mol. The fourth-order valence-corrected chi connectivity index (χ4v) is 3.22. The molecule has 2 rings (SSSR count). The summed E-state index contributed by atoms with van der Waals surface area (Å²) in [4.78, 5) is 0. The first kappa shape index (κ1) is 14.7. The summed E-state index contributed by atoms with van der Waals surface area (Å²) in [6.45, 7) is 0.339. The smallest absolute Gasteiger partial charge is 0.419 e. The average Bonchev–Trinajstić information content (AvgIpc) is 2.85. The van der Waals surface area contributed by atoms with Crippen LogP contribution in [0.15, 0.2) is 24.3 Å². The van der Waals surface area contributed by atoms with Crippen LogP contribution in [-0.2, 0) is 6.18 Å². The van der Waals surface area contributed by atoms with Gasteiger partial charge in [-0.2, -0.15) is 13.2 Å². The lowest BCUT2D eigenvalue weighted by Gasteiger charge is -2.27. The molecule has 0 bridgehead atoms. The first-order chi connectivity index (χ1) is 8.97. The van der Waals surface area contributed by atoms with Gasteiger partial charge in [0.25, 0.3) is 0 Å². The number of hydrogen-bond acceptors (Lipinski definition) is 1. The molecule has 1 aromatic carbocycles. The SMILES string of the molecule is FC(F)(F)c1ccccc1OCC1(CBr)CCCC1. The van der Waals surface area contributed by atoms with Gasteiger partial charge in [-0.25, -0.2) is 0 Å². The second-order valence-corrected chi connectivity index (χ2v) is 5.68. The van der Waals surface area contributed by atoms with E-state index >= 15 is 0 Å². The summed E-state index contributed by atoms with van der Waals surface area (Å²) < 4.78 is 44.0. The Hall–Kier alpha value is -0.710. The minimum absolute atomic E-state index is 0.0152. The number of rotatable bonds is 4. The largest absolute Gasteiger partial charge is 0.492 e. The first-order valence-electron chi connectivity index (χ1n) is 6.32. The molecule has 0 aliphatic heterocycles. The Balaban J connectivity index is 2.11. The van der Waals surface area contributed by atoms with Crippen molar-refractivity contribution in [2.75, 3.05) is 11.9 Å². The van der Waals surface area contributed by atoms with Gasteiger partial charge in [-0.05, 0) is 25.0 Å². The Labute approximate surface area is 119 Å². The molecule has 5 heteroatoms. The van der Waals surface area contributed by atoms with Crippen LogP contribution in [0.4, 0.5) is 13.2 Å². The Morgan fingerprint density at radius 1 is 1.16 bits per heavy atom. The maximum Gasteiger partial charge on any atom is 0.419 e. The highest BCUT2D eigenvalue weighted by Gasteiger charge is 2.37. The van der Waals surface area contributed by atoms with E-state index in [1.54, 1.807) is 6.07 Å². The molecule has 0 N–H and O–H groups in total. The van der Waals surface area contributed by atoms with Crippen LogP contribution in [0.3, 0.4) is 0 Å². The van der Waals surface area contributed by atoms with E-state index < -0.39 is 11.7 Å². The van der Waals surface area contributed by atoms with E-state index in [1.165, 1.54) is 12.1 Å². The van der Waals surface area contributed by atoms with Gasteiger partial charge < -0.3 is 4.74 Å². The third-order valence-electron chi connectivity index (χ3n) is 3.67. The summed E-state index contributed by atoms with van der Waals surface area (Å²) in [6, 6.07) is 5.40. The molecule has 0 spiro atoms. The van der Waals surface area contributed by atoms with Crippen LogP contribution in [0.2, 0.25) is 0 Å². The summed E-state index contributed by atoms with van der Waals surface area (Å²) in [6.07, 6.45) is -0.113. The molecule has 1 fully saturated rings. The van der Waals surface area contributed by atoms with Crippen molar-refractivity contribution >= 4 is 15.9 Å². The van der Waals surface area contributed by atoms with E-state index in [4.69, 9.17) is 4.74 Å². The first-order valence-corrected chi connectivity index (χ1v) is 7.44. The molecule has 1 aliphatic carbocycles. The van der Waals surface area contributed by atoms with Crippen molar-refractivity contribution in [1.82, 2.24) is 0 Å². The molecule has 19 heavy (non-hydrogen) atoms. The van der Waals surface area contributed by atoms with Crippen LogP contribution in [0.5, 0.6) is 5.75 Å². The third kappa shape index (κ3) is 3.44. The van der Waals surface area contributed by atoms with E-state index in [1.807, 2.05) is 0 Å². The van der Waals surface area contributed by atoms with Gasteiger partial charge in [-0.15, -0.1) is 0 Å². The second-order valence-electron chi connectivity index (χ2n) is 5.12. The predicted octanol–water partition coefficient (Wildman–Crippen LogP) is 5.04. The van der Waals surface area contributed by atoms with Crippen molar-refractivity contribution in [1.29, 1.82) is 0 Å². The van der Waals surface area contributed by atoms with Crippen LogP contribution in [0.25, 0.3) is 0 Å². The summed E-state index contributed by atoms with van der Waals surface area (Å²) in [7, 11) is 0. The number of ether oxygens (including phenoxy) is 1. The Bertz CT molecular complexity index is 425. The predicted molar refractivity (Wildman–Crippen MR) is 71.6 cm³/mol. The molecule has 0 radical (unpaired) electrons. The van der Waals surface area contributed by atoms with Gasteiger partial charge >= 0.3 is 6.18 Å². The number of para-hydroxylation sites is 1. The lowest BCUT2D eigenvalue weighted by atomic mass is 9.90. The molecule has 0 saturated heterocycles. The van der Waals surface area contributed by atoms with Crippen molar-refractivity contribution in [3.8, 4) is 5.75 Å². The molecule has 0 unspecified atom stereocenters. The number of hydrogen-bond donors (Lipinski definition) is 0. The zero-order chi connectivity index (χ0) is 13.9. The van der Waals surface area contributed by atoms with E-state index in [9.17, 15) is 13.2 Å². The molecule has 106 valence electrons. The number of benzene rings is 1. The summed E-state index contributed by atoms with van der Waals surface area (Å²) in [5.41, 5.74) is -0.712. The minimum atomic E-state index is -4.37. The van der Waals surface area contributed by atoms with Gasteiger partial charge in [-0.3, -0.25) is 0 Å². The zero-order valence-corrected chi connectivity index (χ0v) is 12.1. The molecule has 1 nitrogen and oxygen atoms in total. The van der Waals surface area contributed by atoms with E-state index in [0.717, 1.165) is 37.1 Å². The summed E-state index contributed by atoms with van der Waals surface area (Å²) in [5, 5.41) is 0.772. The van der Waals surface area contributed by atoms with Crippen LogP contribution in [-0.4, -0.2) is 11.9 Å². The lowest BCUT2D eigenvalue weighted by Crippen LogP contribution is -2.27. The van der Waals surface area contributed by atoms with Crippen LogP contribution in [0, 0.1) is 5.41 Å². The highest BCUT2D eigenvalue weighted by atomic mass is 79.9. The normalized spacial score (nSPS) is 18.5. The maximum absolute atomic E-state index is 12.8. The van der Waals surface area contributed by atoms with Crippen molar-refractivity contribution < 1.29 is 17.9 Å². The standard InChI is InChI=1S/C14H16BrF3O/c15-9-13(7-3-4-8-13)10-19-12-6-2-1-5-11(12)14(16,17)18/h1-2,5-6H,3-4,7-10H2. The van der Waals surface area contributed by atoms with Gasteiger partial charge in [0, 0.05) is 10.7 Å². The van der Waals surface area contributed by atoms with Gasteiger partial charge in [0.2, 0.25) is 0 Å².